The highest BCUT2D eigenvalue weighted by atomic mass is 19.1. The van der Waals surface area contributed by atoms with Crippen LogP contribution in [0.3, 0.4) is 0 Å². The number of hydrogen-bond donors (Lipinski definition) is 3. The van der Waals surface area contributed by atoms with Crippen LogP contribution in [0.15, 0.2) is 42.5 Å². The number of benzene rings is 2. The van der Waals surface area contributed by atoms with Crippen LogP contribution in [0.1, 0.15) is 16.1 Å². The molecule has 4 nitrogen and oxygen atoms in total. The number of hydrogen-bond acceptors (Lipinski definition) is 2. The molecule has 0 aliphatic heterocycles. The number of carboxylic acids is 1. The molecule has 3 aromatic rings. The van der Waals surface area contributed by atoms with Crippen LogP contribution in [0.2, 0.25) is 0 Å². The van der Waals surface area contributed by atoms with Crippen LogP contribution < -0.4 is 0 Å². The third-order valence-corrected chi connectivity index (χ3v) is 3.65. The normalized spacial score (nSPS) is 11.0. The summed E-state index contributed by atoms with van der Waals surface area (Å²) in [4.78, 5) is 14.5. The zero-order chi connectivity index (χ0) is 15.7. The Morgan fingerprint density at radius 3 is 2.50 bits per heavy atom. The average molecular weight is 299 g/mol. The van der Waals surface area contributed by atoms with Crippen LogP contribution in [0.4, 0.5) is 4.39 Å². The van der Waals surface area contributed by atoms with E-state index in [1.54, 1.807) is 12.1 Å². The number of para-hydroxylation sites is 1. The first-order chi connectivity index (χ1) is 10.6. The molecule has 22 heavy (non-hydrogen) atoms. The number of aromatic carboxylic acids is 1. The molecule has 3 N–H and O–H groups in total. The number of aromatic amines is 1. The van der Waals surface area contributed by atoms with E-state index in [1.165, 1.54) is 12.1 Å². The van der Waals surface area contributed by atoms with Crippen LogP contribution in [-0.2, 0) is 6.42 Å². The van der Waals surface area contributed by atoms with Gasteiger partial charge in [-0.2, -0.15) is 0 Å². The predicted octanol–water partition coefficient (Wildman–Crippen LogP) is 3.21. The Labute approximate surface area is 125 Å². The molecule has 112 valence electrons. The Balaban J connectivity index is 2.31. The topological polar surface area (TPSA) is 73.3 Å². The summed E-state index contributed by atoms with van der Waals surface area (Å²) in [5, 5.41) is 19.3. The van der Waals surface area contributed by atoms with Crippen molar-refractivity contribution < 1.29 is 19.4 Å². The number of aliphatic hydroxyl groups is 1. The summed E-state index contributed by atoms with van der Waals surface area (Å²) in [6.45, 7) is -0.0214. The molecule has 0 amide bonds. The molecule has 0 fully saturated rings. The molecule has 0 aliphatic rings. The first-order valence-electron chi connectivity index (χ1n) is 6.85. The summed E-state index contributed by atoms with van der Waals surface area (Å²) in [5.74, 6) is -1.45. The first-order valence-corrected chi connectivity index (χ1v) is 6.85. The van der Waals surface area contributed by atoms with Crippen molar-refractivity contribution in [2.75, 3.05) is 6.61 Å². The van der Waals surface area contributed by atoms with E-state index >= 15 is 0 Å². The maximum atomic E-state index is 13.1. The molecule has 0 atom stereocenters. The SMILES string of the molecule is O=C(O)c1[nH]c2c(CCO)cccc2c1-c1ccc(F)cc1. The molecule has 2 aromatic carbocycles. The highest BCUT2D eigenvalue weighted by Gasteiger charge is 2.19. The van der Waals surface area contributed by atoms with Gasteiger partial charge in [0.1, 0.15) is 11.5 Å². The minimum absolute atomic E-state index is 0.0214. The van der Waals surface area contributed by atoms with Gasteiger partial charge in [0.2, 0.25) is 0 Å². The lowest BCUT2D eigenvalue weighted by atomic mass is 10.00. The lowest BCUT2D eigenvalue weighted by Gasteiger charge is -2.03. The molecule has 0 aliphatic carbocycles. The summed E-state index contributed by atoms with van der Waals surface area (Å²) in [7, 11) is 0. The zero-order valence-electron chi connectivity index (χ0n) is 11.6. The Bertz CT molecular complexity index is 837. The predicted molar refractivity (Wildman–Crippen MR) is 81.4 cm³/mol. The third-order valence-electron chi connectivity index (χ3n) is 3.65. The van der Waals surface area contributed by atoms with Crippen molar-refractivity contribution in [3.8, 4) is 11.1 Å². The maximum Gasteiger partial charge on any atom is 0.352 e. The Kier molecular flexibility index (Phi) is 3.65. The monoisotopic (exact) mass is 299 g/mol. The number of carbonyl (C=O) groups is 1. The van der Waals surface area contributed by atoms with Crippen molar-refractivity contribution in [3.05, 3.63) is 59.5 Å². The van der Waals surface area contributed by atoms with Crippen LogP contribution in [0.25, 0.3) is 22.0 Å². The maximum absolute atomic E-state index is 13.1. The zero-order valence-corrected chi connectivity index (χ0v) is 11.6. The second kappa shape index (κ2) is 5.61. The first kappa shape index (κ1) is 14.3. The van der Waals surface area contributed by atoms with Gasteiger partial charge in [0.15, 0.2) is 0 Å². The van der Waals surface area contributed by atoms with E-state index in [-0.39, 0.29) is 18.1 Å². The Morgan fingerprint density at radius 1 is 1.14 bits per heavy atom. The minimum Gasteiger partial charge on any atom is -0.477 e. The number of carboxylic acid groups (broad SMARTS) is 1. The van der Waals surface area contributed by atoms with E-state index < -0.39 is 5.97 Å². The van der Waals surface area contributed by atoms with Crippen LogP contribution in [0.5, 0.6) is 0 Å². The fourth-order valence-electron chi connectivity index (χ4n) is 2.68. The van der Waals surface area contributed by atoms with Crippen molar-refractivity contribution >= 4 is 16.9 Å². The van der Waals surface area contributed by atoms with Gasteiger partial charge < -0.3 is 15.2 Å². The van der Waals surface area contributed by atoms with Crippen LogP contribution in [-0.4, -0.2) is 27.8 Å². The van der Waals surface area contributed by atoms with Crippen molar-refractivity contribution in [3.63, 3.8) is 0 Å². The lowest BCUT2D eigenvalue weighted by Crippen LogP contribution is -1.99. The summed E-state index contributed by atoms with van der Waals surface area (Å²) >= 11 is 0. The molecule has 0 saturated heterocycles. The van der Waals surface area contributed by atoms with E-state index in [2.05, 4.69) is 4.98 Å². The van der Waals surface area contributed by atoms with Crippen molar-refractivity contribution in [2.45, 2.75) is 6.42 Å². The van der Waals surface area contributed by atoms with Gasteiger partial charge in [-0.1, -0.05) is 30.3 Å². The fraction of sp³-hybridized carbons (Fsp3) is 0.118. The van der Waals surface area contributed by atoms with E-state index in [4.69, 9.17) is 5.11 Å². The minimum atomic E-state index is -1.08. The molecular formula is C17H14FNO3. The smallest absolute Gasteiger partial charge is 0.352 e. The molecule has 0 spiro atoms. The van der Waals surface area contributed by atoms with Gasteiger partial charge in [-0.3, -0.25) is 0 Å². The number of rotatable bonds is 4. The van der Waals surface area contributed by atoms with E-state index in [9.17, 15) is 14.3 Å². The van der Waals surface area contributed by atoms with Gasteiger partial charge >= 0.3 is 5.97 Å². The molecule has 0 bridgehead atoms. The molecule has 0 saturated carbocycles. The molecule has 5 heteroatoms. The second-order valence-corrected chi connectivity index (χ2v) is 5.00. The van der Waals surface area contributed by atoms with Gasteiger partial charge in [0, 0.05) is 23.1 Å². The van der Waals surface area contributed by atoms with Crippen molar-refractivity contribution in [2.24, 2.45) is 0 Å². The fourth-order valence-corrected chi connectivity index (χ4v) is 2.68. The van der Waals surface area contributed by atoms with Gasteiger partial charge in [-0.05, 0) is 29.7 Å². The molecule has 1 aromatic heterocycles. The number of fused-ring (bicyclic) bond motifs is 1. The molecule has 1 heterocycles. The molecule has 3 rings (SSSR count). The number of nitrogens with one attached hydrogen (secondary N) is 1. The average Bonchev–Trinajstić information content (AvgIpc) is 2.89. The second-order valence-electron chi connectivity index (χ2n) is 5.00. The van der Waals surface area contributed by atoms with Crippen LogP contribution in [0, 0.1) is 5.82 Å². The van der Waals surface area contributed by atoms with Gasteiger partial charge in [-0.15, -0.1) is 0 Å². The summed E-state index contributed by atoms with van der Waals surface area (Å²) < 4.78 is 13.1. The van der Waals surface area contributed by atoms with Gasteiger partial charge in [-0.25, -0.2) is 9.18 Å². The number of H-pyrrole nitrogens is 1. The van der Waals surface area contributed by atoms with E-state index in [0.717, 1.165) is 10.9 Å². The third kappa shape index (κ3) is 2.35. The Morgan fingerprint density at radius 2 is 1.86 bits per heavy atom. The lowest BCUT2D eigenvalue weighted by molar-refractivity contribution is 0.0692. The highest BCUT2D eigenvalue weighted by molar-refractivity contribution is 6.08. The molecule has 0 unspecified atom stereocenters. The molecular weight excluding hydrogens is 285 g/mol. The number of aromatic nitrogens is 1. The van der Waals surface area contributed by atoms with E-state index in [0.29, 0.717) is 23.1 Å². The van der Waals surface area contributed by atoms with Gasteiger partial charge in [0.05, 0.1) is 0 Å². The number of halogens is 1. The van der Waals surface area contributed by atoms with Crippen LogP contribution >= 0.6 is 0 Å². The summed E-state index contributed by atoms with van der Waals surface area (Å²) in [6.07, 6.45) is 0.430. The largest absolute Gasteiger partial charge is 0.477 e. The summed E-state index contributed by atoms with van der Waals surface area (Å²) in [6, 6.07) is 11.2. The quantitative estimate of drug-likeness (QED) is 0.692. The van der Waals surface area contributed by atoms with E-state index in [1.807, 2.05) is 18.2 Å². The van der Waals surface area contributed by atoms with Crippen molar-refractivity contribution in [1.29, 1.82) is 0 Å². The standard InChI is InChI=1S/C17H14FNO3/c18-12-6-4-10(5-7-12)14-13-3-1-2-11(8-9-20)15(13)19-16(14)17(21)22/h1-7,19-20H,8-9H2,(H,21,22). The van der Waals surface area contributed by atoms with Crippen molar-refractivity contribution in [1.82, 2.24) is 4.98 Å². The number of aliphatic hydroxyl groups excluding tert-OH is 1. The summed E-state index contributed by atoms with van der Waals surface area (Å²) in [5.41, 5.74) is 2.75. The molecule has 0 radical (unpaired) electrons. The highest BCUT2D eigenvalue weighted by Crippen LogP contribution is 2.34. The van der Waals surface area contributed by atoms with Gasteiger partial charge in [0.25, 0.3) is 0 Å². The Hall–Kier alpha value is -2.66.